The molecular weight excluding hydrogens is 793 g/mol. The molecule has 0 aromatic carbocycles. The lowest BCUT2D eigenvalue weighted by molar-refractivity contribution is -0.167. The van der Waals surface area contributed by atoms with Crippen LogP contribution in [0.2, 0.25) is 0 Å². The first-order valence-corrected chi connectivity index (χ1v) is 27.6. The summed E-state index contributed by atoms with van der Waals surface area (Å²) in [5.74, 6) is -0.896. The van der Waals surface area contributed by atoms with E-state index >= 15 is 0 Å². The SMILES string of the molecule is CC/C=C\C/C=C\CCCCCCCCCC(=O)OCC(COC(=O)CCCCCCC/C=C\CCCCCCCCC)OC(=O)CCCCCCC/C=C\CCCCCCCCC. The Morgan fingerprint density at radius 2 is 0.609 bits per heavy atom. The molecule has 0 heterocycles. The summed E-state index contributed by atoms with van der Waals surface area (Å²) in [5.41, 5.74) is 0. The summed E-state index contributed by atoms with van der Waals surface area (Å²) in [7, 11) is 0. The van der Waals surface area contributed by atoms with E-state index in [1.807, 2.05) is 0 Å². The van der Waals surface area contributed by atoms with E-state index in [0.29, 0.717) is 19.3 Å². The van der Waals surface area contributed by atoms with Crippen LogP contribution in [-0.4, -0.2) is 37.2 Å². The first-order valence-electron chi connectivity index (χ1n) is 27.6. The third-order valence-corrected chi connectivity index (χ3v) is 12.0. The molecule has 6 nitrogen and oxygen atoms in total. The van der Waals surface area contributed by atoms with Crippen LogP contribution in [-0.2, 0) is 28.6 Å². The third-order valence-electron chi connectivity index (χ3n) is 12.0. The summed E-state index contributed by atoms with van der Waals surface area (Å²) in [6.07, 6.45) is 63.8. The molecule has 1 atom stereocenters. The van der Waals surface area contributed by atoms with Crippen LogP contribution < -0.4 is 0 Å². The van der Waals surface area contributed by atoms with Crippen molar-refractivity contribution in [2.45, 2.75) is 290 Å². The molecule has 0 aliphatic rings. The maximum Gasteiger partial charge on any atom is 0.306 e. The molecule has 0 spiro atoms. The lowest BCUT2D eigenvalue weighted by Crippen LogP contribution is -2.30. The number of esters is 3. The van der Waals surface area contributed by atoms with E-state index in [-0.39, 0.29) is 31.1 Å². The molecule has 0 radical (unpaired) electrons. The van der Waals surface area contributed by atoms with Crippen LogP contribution in [0.3, 0.4) is 0 Å². The van der Waals surface area contributed by atoms with Crippen molar-refractivity contribution in [3.8, 4) is 0 Å². The third kappa shape index (κ3) is 50.4. The van der Waals surface area contributed by atoms with E-state index in [1.165, 1.54) is 148 Å². The van der Waals surface area contributed by atoms with Crippen LogP contribution in [0.1, 0.15) is 284 Å². The zero-order valence-electron chi connectivity index (χ0n) is 42.6. The highest BCUT2D eigenvalue weighted by atomic mass is 16.6. The van der Waals surface area contributed by atoms with Gasteiger partial charge in [0.15, 0.2) is 6.10 Å². The number of unbranched alkanes of at least 4 members (excludes halogenated alkanes) is 31. The highest BCUT2D eigenvalue weighted by Crippen LogP contribution is 2.15. The number of carbonyl (C=O) groups is 3. The van der Waals surface area contributed by atoms with Gasteiger partial charge in [-0.05, 0) is 96.3 Å². The predicted octanol–water partition coefficient (Wildman–Crippen LogP) is 18.3. The molecule has 0 bridgehead atoms. The summed E-state index contributed by atoms with van der Waals surface area (Å²) in [4.78, 5) is 38.1. The minimum Gasteiger partial charge on any atom is -0.462 e. The van der Waals surface area contributed by atoms with Gasteiger partial charge in [-0.3, -0.25) is 14.4 Å². The van der Waals surface area contributed by atoms with Gasteiger partial charge in [-0.15, -0.1) is 0 Å². The van der Waals surface area contributed by atoms with Crippen molar-refractivity contribution in [2.24, 2.45) is 0 Å². The fourth-order valence-corrected chi connectivity index (χ4v) is 7.88. The summed E-state index contributed by atoms with van der Waals surface area (Å²) in [5, 5.41) is 0. The number of rotatable bonds is 50. The Labute approximate surface area is 397 Å². The molecule has 0 aromatic heterocycles. The van der Waals surface area contributed by atoms with Gasteiger partial charge in [-0.2, -0.15) is 0 Å². The van der Waals surface area contributed by atoms with Gasteiger partial charge in [-0.1, -0.05) is 217 Å². The van der Waals surface area contributed by atoms with Crippen LogP contribution in [0.5, 0.6) is 0 Å². The highest BCUT2D eigenvalue weighted by Gasteiger charge is 2.19. The Balaban J connectivity index is 4.39. The van der Waals surface area contributed by atoms with E-state index in [2.05, 4.69) is 69.4 Å². The Kier molecular flexibility index (Phi) is 50.8. The molecule has 1 unspecified atom stereocenters. The van der Waals surface area contributed by atoms with Crippen molar-refractivity contribution in [1.82, 2.24) is 0 Å². The van der Waals surface area contributed by atoms with Gasteiger partial charge >= 0.3 is 17.9 Å². The second-order valence-electron chi connectivity index (χ2n) is 18.5. The van der Waals surface area contributed by atoms with Crippen molar-refractivity contribution >= 4 is 17.9 Å². The number of hydrogen-bond acceptors (Lipinski definition) is 6. The zero-order valence-corrected chi connectivity index (χ0v) is 42.6. The van der Waals surface area contributed by atoms with Crippen LogP contribution >= 0.6 is 0 Å². The van der Waals surface area contributed by atoms with E-state index in [9.17, 15) is 14.4 Å². The molecule has 0 aromatic rings. The molecule has 0 aliphatic carbocycles. The number of carbonyl (C=O) groups excluding carboxylic acids is 3. The lowest BCUT2D eigenvalue weighted by atomic mass is 10.1. The fourth-order valence-electron chi connectivity index (χ4n) is 7.88. The monoisotopic (exact) mass is 897 g/mol. The van der Waals surface area contributed by atoms with Gasteiger partial charge in [0.25, 0.3) is 0 Å². The standard InChI is InChI=1S/C58H104O6/c1-4-7-10-13-16-19-22-25-28-30-33-36-39-42-45-48-51-57(60)63-54-55(53-62-56(59)50-47-44-41-38-35-32-27-24-21-18-15-12-9-6-3)64-58(61)52-49-46-43-40-37-34-31-29-26-23-20-17-14-11-8-5-2/h9,12,18,21,28-31,55H,4-8,10-11,13-17,19-20,22-27,32-54H2,1-3H3/b12-9-,21-18-,30-28-,31-29-. The van der Waals surface area contributed by atoms with Gasteiger partial charge in [0, 0.05) is 19.3 Å². The quantitative estimate of drug-likeness (QED) is 0.0262. The minimum absolute atomic E-state index is 0.0821. The molecule has 6 heteroatoms. The van der Waals surface area contributed by atoms with E-state index in [4.69, 9.17) is 14.2 Å². The van der Waals surface area contributed by atoms with Crippen LogP contribution in [0.25, 0.3) is 0 Å². The number of ether oxygens (including phenoxy) is 3. The molecular formula is C58H104O6. The Morgan fingerprint density at radius 3 is 0.953 bits per heavy atom. The van der Waals surface area contributed by atoms with Crippen LogP contribution in [0.4, 0.5) is 0 Å². The van der Waals surface area contributed by atoms with Gasteiger partial charge in [0.2, 0.25) is 0 Å². The van der Waals surface area contributed by atoms with Crippen LogP contribution in [0.15, 0.2) is 48.6 Å². The smallest absolute Gasteiger partial charge is 0.306 e. The largest absolute Gasteiger partial charge is 0.462 e. The molecule has 64 heavy (non-hydrogen) atoms. The molecule has 0 amide bonds. The predicted molar refractivity (Wildman–Crippen MR) is 275 cm³/mol. The zero-order chi connectivity index (χ0) is 46.5. The molecule has 0 rings (SSSR count). The number of hydrogen-bond donors (Lipinski definition) is 0. The van der Waals surface area contributed by atoms with Gasteiger partial charge in [0.1, 0.15) is 13.2 Å². The lowest BCUT2D eigenvalue weighted by Gasteiger charge is -2.18. The van der Waals surface area contributed by atoms with Crippen molar-refractivity contribution in [3.05, 3.63) is 48.6 Å². The molecule has 0 saturated heterocycles. The highest BCUT2D eigenvalue weighted by molar-refractivity contribution is 5.71. The van der Waals surface area contributed by atoms with E-state index in [1.54, 1.807) is 0 Å². The van der Waals surface area contributed by atoms with Crippen molar-refractivity contribution in [2.75, 3.05) is 13.2 Å². The molecule has 372 valence electrons. The summed E-state index contributed by atoms with van der Waals surface area (Å²) in [6.45, 7) is 6.53. The Hall–Kier alpha value is -2.63. The second kappa shape index (κ2) is 53.0. The fraction of sp³-hybridized carbons (Fsp3) is 0.810. The van der Waals surface area contributed by atoms with Crippen molar-refractivity contribution in [3.63, 3.8) is 0 Å². The van der Waals surface area contributed by atoms with Crippen molar-refractivity contribution in [1.29, 1.82) is 0 Å². The average Bonchev–Trinajstić information content (AvgIpc) is 3.29. The summed E-state index contributed by atoms with van der Waals surface area (Å²) < 4.78 is 16.8. The Bertz CT molecular complexity index is 1120. The topological polar surface area (TPSA) is 78.9 Å². The van der Waals surface area contributed by atoms with Crippen molar-refractivity contribution < 1.29 is 28.6 Å². The maximum absolute atomic E-state index is 12.8. The van der Waals surface area contributed by atoms with Gasteiger partial charge in [0.05, 0.1) is 0 Å². The van der Waals surface area contributed by atoms with Gasteiger partial charge < -0.3 is 14.2 Å². The normalized spacial score (nSPS) is 12.4. The number of allylic oxidation sites excluding steroid dienone is 8. The summed E-state index contributed by atoms with van der Waals surface area (Å²) in [6, 6.07) is 0. The second-order valence-corrected chi connectivity index (χ2v) is 18.5. The van der Waals surface area contributed by atoms with Crippen LogP contribution in [0, 0.1) is 0 Å². The summed E-state index contributed by atoms with van der Waals surface area (Å²) >= 11 is 0. The first-order chi connectivity index (χ1) is 31.5. The average molecular weight is 897 g/mol. The molecule has 0 fully saturated rings. The first kappa shape index (κ1) is 61.4. The Morgan fingerprint density at radius 1 is 0.328 bits per heavy atom. The van der Waals surface area contributed by atoms with E-state index < -0.39 is 6.10 Å². The molecule has 0 saturated carbocycles. The van der Waals surface area contributed by atoms with Gasteiger partial charge in [-0.25, -0.2) is 0 Å². The van der Waals surface area contributed by atoms with E-state index in [0.717, 1.165) is 96.3 Å². The molecule has 0 N–H and O–H groups in total. The maximum atomic E-state index is 12.8. The minimum atomic E-state index is -0.783. The molecule has 0 aliphatic heterocycles.